The average molecular weight is 424 g/mol. The van der Waals surface area contributed by atoms with Crippen molar-refractivity contribution in [1.29, 1.82) is 0 Å². The van der Waals surface area contributed by atoms with Gasteiger partial charge in [-0.05, 0) is 67.0 Å². The van der Waals surface area contributed by atoms with Gasteiger partial charge in [0.25, 0.3) is 0 Å². The normalized spacial score (nSPS) is 20.9. The fraction of sp³-hybridized carbons (Fsp3) is 0.364. The fourth-order valence-corrected chi connectivity index (χ4v) is 4.92. The van der Waals surface area contributed by atoms with Crippen LogP contribution in [-0.4, -0.2) is 35.8 Å². The molecule has 7 nitrogen and oxygen atoms in total. The number of nitrogens with zero attached hydrogens (tertiary/aromatic N) is 5. The Morgan fingerprint density at radius 3 is 2.60 bits per heavy atom. The van der Waals surface area contributed by atoms with Gasteiger partial charge in [0.05, 0.1) is 18.8 Å². The molecule has 1 fully saturated rings. The molecule has 5 rings (SSSR count). The zero-order valence-corrected chi connectivity index (χ0v) is 17.2. The Kier molecular flexibility index (Phi) is 4.90. The Balaban J connectivity index is 1.47. The number of hydrogen-bond acceptors (Lipinski definition) is 4. The smallest absolute Gasteiger partial charge is 0.408 e. The van der Waals surface area contributed by atoms with Crippen molar-refractivity contribution in [2.75, 3.05) is 0 Å². The van der Waals surface area contributed by atoms with E-state index >= 15 is 0 Å². The quantitative estimate of drug-likeness (QED) is 0.642. The summed E-state index contributed by atoms with van der Waals surface area (Å²) in [5.41, 5.74) is 3.09. The molecule has 3 aromatic rings. The number of halogens is 1. The van der Waals surface area contributed by atoms with Crippen LogP contribution in [0.4, 0.5) is 4.79 Å². The summed E-state index contributed by atoms with van der Waals surface area (Å²) in [6, 6.07) is 9.77. The molecule has 1 amide bonds. The summed E-state index contributed by atoms with van der Waals surface area (Å²) >= 11 is 6.21. The van der Waals surface area contributed by atoms with Crippen LogP contribution in [0, 0.1) is 0 Å². The molecule has 0 atom stereocenters. The summed E-state index contributed by atoms with van der Waals surface area (Å²) in [6.45, 7) is 0.488. The minimum Gasteiger partial charge on any atom is -0.465 e. The van der Waals surface area contributed by atoms with Crippen LogP contribution >= 0.6 is 11.6 Å². The summed E-state index contributed by atoms with van der Waals surface area (Å²) in [6.07, 6.45) is 6.99. The van der Waals surface area contributed by atoms with Gasteiger partial charge in [-0.1, -0.05) is 17.7 Å². The van der Waals surface area contributed by atoms with Gasteiger partial charge in [-0.3, -0.25) is 14.5 Å². The summed E-state index contributed by atoms with van der Waals surface area (Å²) < 4.78 is 2.06. The zero-order valence-electron chi connectivity index (χ0n) is 16.4. The molecule has 3 heterocycles. The van der Waals surface area contributed by atoms with Crippen LogP contribution in [0.3, 0.4) is 0 Å². The van der Waals surface area contributed by atoms with Gasteiger partial charge in [0.15, 0.2) is 5.82 Å². The van der Waals surface area contributed by atoms with Gasteiger partial charge >= 0.3 is 6.09 Å². The third-order valence-electron chi connectivity index (χ3n) is 6.25. The third-order valence-corrected chi connectivity index (χ3v) is 6.48. The predicted octanol–water partition coefficient (Wildman–Crippen LogP) is 4.75. The number of benzene rings is 1. The van der Waals surface area contributed by atoms with E-state index < -0.39 is 6.09 Å². The monoisotopic (exact) mass is 423 g/mol. The van der Waals surface area contributed by atoms with Crippen molar-refractivity contribution in [3.05, 3.63) is 70.5 Å². The number of pyridine rings is 1. The molecule has 0 spiro atoms. The second kappa shape index (κ2) is 7.72. The van der Waals surface area contributed by atoms with Crippen molar-refractivity contribution >= 4 is 17.7 Å². The van der Waals surface area contributed by atoms with E-state index in [2.05, 4.69) is 25.8 Å². The van der Waals surface area contributed by atoms with Crippen LogP contribution in [0.15, 0.2) is 42.7 Å². The van der Waals surface area contributed by atoms with Crippen LogP contribution in [0.2, 0.25) is 5.02 Å². The second-order valence-electron chi connectivity index (χ2n) is 8.06. The van der Waals surface area contributed by atoms with Crippen molar-refractivity contribution in [3.63, 3.8) is 0 Å². The molecule has 30 heavy (non-hydrogen) atoms. The van der Waals surface area contributed by atoms with Crippen molar-refractivity contribution in [2.24, 2.45) is 0 Å². The maximum atomic E-state index is 11.7. The number of rotatable bonds is 2. The SMILES string of the molecule is O=C(O)N1Cc2cc(Cl)ccc2-n2c(nnc2C2CCC(c3cccnc3)CC2)C1. The number of carbonyl (C=O) groups is 1. The highest BCUT2D eigenvalue weighted by molar-refractivity contribution is 6.30. The van der Waals surface area contributed by atoms with E-state index in [0.29, 0.717) is 22.7 Å². The molecule has 8 heteroatoms. The largest absolute Gasteiger partial charge is 0.465 e. The molecular formula is C22H22ClN5O2. The van der Waals surface area contributed by atoms with Crippen molar-refractivity contribution < 1.29 is 9.90 Å². The molecule has 1 aliphatic carbocycles. The first-order valence-electron chi connectivity index (χ1n) is 10.2. The second-order valence-corrected chi connectivity index (χ2v) is 8.49. The number of carboxylic acid groups (broad SMARTS) is 1. The standard InChI is InChI=1S/C22H22ClN5O2/c23-18-7-8-19-17(10-18)12-27(22(29)30)13-20-25-26-21(28(19)20)15-5-3-14(4-6-15)16-2-1-9-24-11-16/h1-2,7-11,14-15H,3-6,12-13H2,(H,29,30). The van der Waals surface area contributed by atoms with E-state index in [9.17, 15) is 9.90 Å². The highest BCUT2D eigenvalue weighted by atomic mass is 35.5. The Labute approximate surface area is 179 Å². The van der Waals surface area contributed by atoms with E-state index in [1.54, 1.807) is 0 Å². The van der Waals surface area contributed by atoms with Gasteiger partial charge in [0, 0.05) is 23.3 Å². The van der Waals surface area contributed by atoms with E-state index in [1.807, 2.05) is 36.7 Å². The summed E-state index contributed by atoms with van der Waals surface area (Å²) in [5.74, 6) is 2.39. The van der Waals surface area contributed by atoms with Crippen LogP contribution in [-0.2, 0) is 13.1 Å². The van der Waals surface area contributed by atoms with Crippen molar-refractivity contribution in [2.45, 2.75) is 50.6 Å². The highest BCUT2D eigenvalue weighted by Crippen LogP contribution is 2.41. The van der Waals surface area contributed by atoms with Crippen molar-refractivity contribution in [3.8, 4) is 5.69 Å². The lowest BCUT2D eigenvalue weighted by molar-refractivity contribution is 0.139. The Hall–Kier alpha value is -2.93. The Bertz CT molecular complexity index is 1080. The third kappa shape index (κ3) is 3.43. The number of hydrogen-bond donors (Lipinski definition) is 1. The number of amides is 1. The van der Waals surface area contributed by atoms with Gasteiger partial charge in [-0.2, -0.15) is 0 Å². The first kappa shape index (κ1) is 19.1. The van der Waals surface area contributed by atoms with Gasteiger partial charge in [-0.15, -0.1) is 10.2 Å². The van der Waals surface area contributed by atoms with Crippen LogP contribution in [0.1, 0.15) is 60.3 Å². The molecule has 0 radical (unpaired) electrons. The summed E-state index contributed by atoms with van der Waals surface area (Å²) in [4.78, 5) is 17.3. The Morgan fingerprint density at radius 2 is 1.87 bits per heavy atom. The van der Waals surface area contributed by atoms with Gasteiger partial charge in [0.2, 0.25) is 0 Å². The fourth-order valence-electron chi connectivity index (χ4n) is 4.73. The van der Waals surface area contributed by atoms with Crippen LogP contribution in [0.5, 0.6) is 0 Å². The number of aromatic nitrogens is 4. The van der Waals surface area contributed by atoms with Gasteiger partial charge < -0.3 is 5.11 Å². The molecule has 2 aliphatic rings. The van der Waals surface area contributed by atoms with Crippen LogP contribution in [0.25, 0.3) is 5.69 Å². The van der Waals surface area contributed by atoms with Crippen LogP contribution < -0.4 is 0 Å². The molecule has 0 bridgehead atoms. The van der Waals surface area contributed by atoms with E-state index in [0.717, 1.165) is 42.8 Å². The lowest BCUT2D eigenvalue weighted by atomic mass is 9.79. The van der Waals surface area contributed by atoms with Gasteiger partial charge in [0.1, 0.15) is 5.82 Å². The lowest BCUT2D eigenvalue weighted by Crippen LogP contribution is -2.27. The molecular weight excluding hydrogens is 402 g/mol. The van der Waals surface area contributed by atoms with Crippen molar-refractivity contribution in [1.82, 2.24) is 24.6 Å². The minimum absolute atomic E-state index is 0.208. The van der Waals surface area contributed by atoms with E-state index in [4.69, 9.17) is 11.6 Å². The minimum atomic E-state index is -0.976. The topological polar surface area (TPSA) is 84.1 Å². The molecule has 0 saturated heterocycles. The predicted molar refractivity (Wildman–Crippen MR) is 112 cm³/mol. The molecule has 1 aliphatic heterocycles. The summed E-state index contributed by atoms with van der Waals surface area (Å²) in [7, 11) is 0. The average Bonchev–Trinajstić information content (AvgIpc) is 3.10. The molecule has 1 N–H and O–H groups in total. The van der Waals surface area contributed by atoms with E-state index in [-0.39, 0.29) is 13.1 Å². The first-order chi connectivity index (χ1) is 14.6. The highest BCUT2D eigenvalue weighted by Gasteiger charge is 2.31. The first-order valence-corrected chi connectivity index (χ1v) is 10.6. The molecule has 154 valence electrons. The number of fused-ring (bicyclic) bond motifs is 3. The molecule has 2 aromatic heterocycles. The zero-order chi connectivity index (χ0) is 20.7. The molecule has 0 unspecified atom stereocenters. The Morgan fingerprint density at radius 1 is 1.07 bits per heavy atom. The molecule has 1 saturated carbocycles. The van der Waals surface area contributed by atoms with Gasteiger partial charge in [-0.25, -0.2) is 4.79 Å². The maximum absolute atomic E-state index is 11.7. The summed E-state index contributed by atoms with van der Waals surface area (Å²) in [5, 5.41) is 19.1. The lowest BCUT2D eigenvalue weighted by Gasteiger charge is -2.28. The molecule has 1 aromatic carbocycles. The maximum Gasteiger partial charge on any atom is 0.408 e. The van der Waals surface area contributed by atoms with E-state index in [1.165, 1.54) is 10.5 Å².